The maximum absolute atomic E-state index is 12.5. The molecule has 0 saturated heterocycles. The van der Waals surface area contributed by atoms with Gasteiger partial charge in [0.05, 0.1) is 16.5 Å². The number of fused-ring (bicyclic) bond motifs is 1. The third-order valence-electron chi connectivity index (χ3n) is 3.30. The highest BCUT2D eigenvalue weighted by molar-refractivity contribution is 5.78. The molecule has 0 aliphatic carbocycles. The third kappa shape index (κ3) is 3.31. The number of para-hydroxylation sites is 1. The zero-order chi connectivity index (χ0) is 16.4. The van der Waals surface area contributed by atoms with Gasteiger partial charge in [-0.3, -0.25) is 4.79 Å². The number of H-pyrrole nitrogens is 1. The first kappa shape index (κ1) is 15.0. The van der Waals surface area contributed by atoms with E-state index in [4.69, 9.17) is 0 Å². The molecule has 0 amide bonds. The molecule has 0 spiro atoms. The van der Waals surface area contributed by atoms with Gasteiger partial charge in [-0.05, 0) is 35.9 Å². The Bertz CT molecular complexity index is 925. The average Bonchev–Trinajstić information content (AvgIpc) is 2.52. The molecule has 1 heterocycles. The van der Waals surface area contributed by atoms with E-state index in [-0.39, 0.29) is 5.56 Å². The topological polar surface area (TPSA) is 45.8 Å². The molecule has 3 nitrogen and oxygen atoms in total. The van der Waals surface area contributed by atoms with Crippen LogP contribution in [0.15, 0.2) is 53.3 Å². The Morgan fingerprint density at radius 3 is 2.35 bits per heavy atom. The summed E-state index contributed by atoms with van der Waals surface area (Å²) in [6, 6.07) is 11.7. The van der Waals surface area contributed by atoms with Gasteiger partial charge in [-0.15, -0.1) is 0 Å². The molecular formula is C17H11F3N2O. The number of rotatable bonds is 2. The predicted molar refractivity (Wildman–Crippen MR) is 82.7 cm³/mol. The first-order valence-electron chi connectivity index (χ1n) is 6.78. The lowest BCUT2D eigenvalue weighted by Crippen LogP contribution is -2.09. The fourth-order valence-corrected chi connectivity index (χ4v) is 2.14. The highest BCUT2D eigenvalue weighted by Gasteiger charge is 2.29. The minimum Gasteiger partial charge on any atom is -0.306 e. The summed E-state index contributed by atoms with van der Waals surface area (Å²) in [4.78, 5) is 18.8. The van der Waals surface area contributed by atoms with Crippen molar-refractivity contribution in [1.29, 1.82) is 0 Å². The van der Waals surface area contributed by atoms with E-state index >= 15 is 0 Å². The van der Waals surface area contributed by atoms with Crippen molar-refractivity contribution in [2.75, 3.05) is 0 Å². The molecule has 2 aromatic carbocycles. The van der Waals surface area contributed by atoms with Gasteiger partial charge >= 0.3 is 6.18 Å². The molecule has 0 atom stereocenters. The number of aromatic nitrogens is 2. The summed E-state index contributed by atoms with van der Waals surface area (Å²) in [6.45, 7) is 0. The summed E-state index contributed by atoms with van der Waals surface area (Å²) in [5.41, 5.74) is 0.173. The zero-order valence-electron chi connectivity index (χ0n) is 11.8. The molecule has 116 valence electrons. The van der Waals surface area contributed by atoms with Crippen molar-refractivity contribution in [2.24, 2.45) is 0 Å². The summed E-state index contributed by atoms with van der Waals surface area (Å²) < 4.78 is 37.5. The minimum atomic E-state index is -4.35. The smallest absolute Gasteiger partial charge is 0.306 e. The molecule has 1 N–H and O–H groups in total. The second-order valence-electron chi connectivity index (χ2n) is 4.92. The van der Waals surface area contributed by atoms with Gasteiger partial charge in [-0.25, -0.2) is 4.98 Å². The lowest BCUT2D eigenvalue weighted by Gasteiger charge is -2.05. The molecular weight excluding hydrogens is 305 g/mol. The van der Waals surface area contributed by atoms with E-state index in [9.17, 15) is 18.0 Å². The number of halogens is 3. The highest BCUT2D eigenvalue weighted by atomic mass is 19.4. The molecule has 0 aliphatic rings. The van der Waals surface area contributed by atoms with E-state index in [1.54, 1.807) is 36.4 Å². The van der Waals surface area contributed by atoms with Gasteiger partial charge in [0.25, 0.3) is 5.56 Å². The molecule has 0 aliphatic heterocycles. The molecule has 23 heavy (non-hydrogen) atoms. The average molecular weight is 316 g/mol. The zero-order valence-corrected chi connectivity index (χ0v) is 11.8. The Labute approximate surface area is 129 Å². The molecule has 0 bridgehead atoms. The van der Waals surface area contributed by atoms with Gasteiger partial charge in [-0.2, -0.15) is 13.2 Å². The summed E-state index contributed by atoms with van der Waals surface area (Å²) >= 11 is 0. The van der Waals surface area contributed by atoms with E-state index in [1.165, 1.54) is 12.1 Å². The standard InChI is InChI=1S/C17H11F3N2O/c18-17(19,20)12-8-5-11(6-9-12)7-10-15-21-14-4-2-1-3-13(14)16(23)22-15/h1-10H,(H,21,22,23). The maximum Gasteiger partial charge on any atom is 0.416 e. The number of aromatic amines is 1. The number of nitrogens with one attached hydrogen (secondary N) is 1. The van der Waals surface area contributed by atoms with E-state index in [1.807, 2.05) is 0 Å². The molecule has 3 rings (SSSR count). The molecule has 6 heteroatoms. The second kappa shape index (κ2) is 5.72. The van der Waals surface area contributed by atoms with Crippen LogP contribution in [0, 0.1) is 0 Å². The van der Waals surface area contributed by atoms with Crippen molar-refractivity contribution >= 4 is 23.1 Å². The van der Waals surface area contributed by atoms with Gasteiger partial charge in [-0.1, -0.05) is 30.3 Å². The van der Waals surface area contributed by atoms with Gasteiger partial charge in [0, 0.05) is 0 Å². The van der Waals surface area contributed by atoms with Crippen LogP contribution in [0.3, 0.4) is 0 Å². The number of hydrogen-bond acceptors (Lipinski definition) is 2. The van der Waals surface area contributed by atoms with Crippen molar-refractivity contribution in [3.63, 3.8) is 0 Å². The summed E-state index contributed by atoms with van der Waals surface area (Å²) in [7, 11) is 0. The molecule has 0 saturated carbocycles. The van der Waals surface area contributed by atoms with Crippen molar-refractivity contribution in [3.05, 3.63) is 75.8 Å². The fourth-order valence-electron chi connectivity index (χ4n) is 2.14. The third-order valence-corrected chi connectivity index (χ3v) is 3.30. The number of nitrogens with zero attached hydrogens (tertiary/aromatic N) is 1. The first-order valence-corrected chi connectivity index (χ1v) is 6.78. The molecule has 0 fully saturated rings. The van der Waals surface area contributed by atoms with Gasteiger partial charge in [0.1, 0.15) is 5.82 Å². The van der Waals surface area contributed by atoms with Crippen LogP contribution >= 0.6 is 0 Å². The van der Waals surface area contributed by atoms with E-state index in [0.29, 0.717) is 22.3 Å². The normalized spacial score (nSPS) is 12.1. The van der Waals surface area contributed by atoms with Crippen LogP contribution in [0.2, 0.25) is 0 Å². The van der Waals surface area contributed by atoms with Crippen molar-refractivity contribution in [1.82, 2.24) is 9.97 Å². The largest absolute Gasteiger partial charge is 0.416 e. The number of hydrogen-bond donors (Lipinski definition) is 1. The van der Waals surface area contributed by atoms with Crippen molar-refractivity contribution in [3.8, 4) is 0 Å². The predicted octanol–water partition coefficient (Wildman–Crippen LogP) is 4.11. The quantitative estimate of drug-likeness (QED) is 0.773. The fraction of sp³-hybridized carbons (Fsp3) is 0.0588. The van der Waals surface area contributed by atoms with Crippen LogP contribution in [0.4, 0.5) is 13.2 Å². The number of alkyl halides is 3. The summed E-state index contributed by atoms with van der Waals surface area (Å²) in [6.07, 6.45) is -1.21. The second-order valence-corrected chi connectivity index (χ2v) is 4.92. The van der Waals surface area contributed by atoms with Gasteiger partial charge in [0.2, 0.25) is 0 Å². The Hall–Kier alpha value is -2.89. The van der Waals surface area contributed by atoms with E-state index in [0.717, 1.165) is 12.1 Å². The van der Waals surface area contributed by atoms with Gasteiger partial charge < -0.3 is 4.98 Å². The Balaban J connectivity index is 1.89. The lowest BCUT2D eigenvalue weighted by molar-refractivity contribution is -0.137. The first-order chi connectivity index (χ1) is 10.9. The minimum absolute atomic E-state index is 0.261. The highest BCUT2D eigenvalue weighted by Crippen LogP contribution is 2.29. The SMILES string of the molecule is O=c1[nH]c(C=Cc2ccc(C(F)(F)F)cc2)nc2ccccc12. The monoisotopic (exact) mass is 316 g/mol. The molecule has 0 radical (unpaired) electrons. The summed E-state index contributed by atoms with van der Waals surface area (Å²) in [5.74, 6) is 0.341. The van der Waals surface area contributed by atoms with Crippen LogP contribution in [-0.4, -0.2) is 9.97 Å². The van der Waals surface area contributed by atoms with E-state index < -0.39 is 11.7 Å². The molecule has 3 aromatic rings. The van der Waals surface area contributed by atoms with Crippen LogP contribution in [0.5, 0.6) is 0 Å². The number of benzene rings is 2. The Kier molecular flexibility index (Phi) is 3.73. The van der Waals surface area contributed by atoms with Crippen molar-refractivity contribution < 1.29 is 13.2 Å². The van der Waals surface area contributed by atoms with Crippen LogP contribution in [0.1, 0.15) is 17.0 Å². The lowest BCUT2D eigenvalue weighted by atomic mass is 10.1. The molecule has 1 aromatic heterocycles. The van der Waals surface area contributed by atoms with Gasteiger partial charge in [0.15, 0.2) is 0 Å². The Morgan fingerprint density at radius 2 is 1.65 bits per heavy atom. The molecule has 0 unspecified atom stereocenters. The van der Waals surface area contributed by atoms with Crippen LogP contribution in [0.25, 0.3) is 23.1 Å². The van der Waals surface area contributed by atoms with Crippen LogP contribution in [-0.2, 0) is 6.18 Å². The van der Waals surface area contributed by atoms with Crippen molar-refractivity contribution in [2.45, 2.75) is 6.18 Å². The van der Waals surface area contributed by atoms with Crippen LogP contribution < -0.4 is 5.56 Å². The maximum atomic E-state index is 12.5. The Morgan fingerprint density at radius 1 is 0.957 bits per heavy atom. The summed E-state index contributed by atoms with van der Waals surface area (Å²) in [5, 5.41) is 0.485. The van der Waals surface area contributed by atoms with E-state index in [2.05, 4.69) is 9.97 Å².